The molecule has 226 valence electrons. The van der Waals surface area contributed by atoms with Crippen molar-refractivity contribution in [3.8, 4) is 12.1 Å². The first-order chi connectivity index (χ1) is 20.1. The molecule has 3 aliphatic heterocycles. The van der Waals surface area contributed by atoms with Gasteiger partial charge in [0.05, 0.1) is 11.8 Å². The highest BCUT2D eigenvalue weighted by atomic mass is 16.5. The number of aromatic nitrogens is 2. The van der Waals surface area contributed by atoms with Crippen molar-refractivity contribution in [3.63, 3.8) is 0 Å². The van der Waals surface area contributed by atoms with Crippen LogP contribution >= 0.6 is 0 Å². The Hall–Kier alpha value is -3.06. The van der Waals surface area contributed by atoms with Crippen LogP contribution in [0.25, 0.3) is 0 Å². The molecule has 1 aromatic carbocycles. The Kier molecular flexibility index (Phi) is 13.0. The molecule has 4 aliphatic rings. The lowest BCUT2D eigenvalue weighted by Gasteiger charge is -2.32. The average Bonchev–Trinajstić information content (AvgIpc) is 3.76. The largest absolute Gasteiger partial charge is 0.462 e. The fourth-order valence-corrected chi connectivity index (χ4v) is 6.09. The summed E-state index contributed by atoms with van der Waals surface area (Å²) in [5.41, 5.74) is 5.21. The zero-order valence-electron chi connectivity index (χ0n) is 25.7. The number of likely N-dealkylation sites (N-methyl/N-ethyl adjacent to an activating group) is 1. The summed E-state index contributed by atoms with van der Waals surface area (Å²) >= 11 is 0. The van der Waals surface area contributed by atoms with E-state index in [1.807, 2.05) is 20.6 Å². The Bertz CT molecular complexity index is 1140. The fourth-order valence-electron chi connectivity index (χ4n) is 6.09. The van der Waals surface area contributed by atoms with Crippen molar-refractivity contribution in [2.24, 2.45) is 0 Å². The Morgan fingerprint density at radius 3 is 2.61 bits per heavy atom. The smallest absolute Gasteiger partial charge is 0.318 e. The normalized spacial score (nSPS) is 23.0. The van der Waals surface area contributed by atoms with Gasteiger partial charge in [-0.15, -0.1) is 0 Å². The van der Waals surface area contributed by atoms with E-state index in [9.17, 15) is 5.26 Å². The van der Waals surface area contributed by atoms with Gasteiger partial charge in [0.2, 0.25) is 0 Å². The minimum Gasteiger partial charge on any atom is -0.462 e. The van der Waals surface area contributed by atoms with Gasteiger partial charge in [0.15, 0.2) is 0 Å². The molecule has 2 aromatic rings. The number of nitriles is 1. The van der Waals surface area contributed by atoms with Gasteiger partial charge in [-0.3, -0.25) is 10.2 Å². The number of hydrogen-bond acceptors (Lipinski definition) is 9. The van der Waals surface area contributed by atoms with Crippen molar-refractivity contribution in [2.45, 2.75) is 91.0 Å². The predicted molar refractivity (Wildman–Crippen MR) is 166 cm³/mol. The van der Waals surface area contributed by atoms with Crippen LogP contribution in [0.4, 0.5) is 5.82 Å². The first kappa shape index (κ1) is 32.5. The third kappa shape index (κ3) is 7.82. The quantitative estimate of drug-likeness (QED) is 0.550. The van der Waals surface area contributed by atoms with E-state index in [1.54, 1.807) is 0 Å². The highest BCUT2D eigenvalue weighted by Gasteiger charge is 2.36. The average molecular weight is 566 g/mol. The molecule has 1 aliphatic carbocycles. The van der Waals surface area contributed by atoms with E-state index in [1.165, 1.54) is 29.5 Å². The molecule has 6 rings (SSSR count). The molecule has 0 amide bonds. The number of ether oxygens (including phenoxy) is 1. The van der Waals surface area contributed by atoms with Gasteiger partial charge in [0.25, 0.3) is 0 Å². The number of nitrogens with one attached hydrogen (secondary N) is 1. The maximum absolute atomic E-state index is 9.50. The maximum atomic E-state index is 9.50. The van der Waals surface area contributed by atoms with Crippen molar-refractivity contribution >= 4 is 12.6 Å². The Labute approximate surface area is 248 Å². The van der Waals surface area contributed by atoms with Gasteiger partial charge in [0, 0.05) is 51.8 Å². The highest BCUT2D eigenvalue weighted by molar-refractivity contribution is 5.53. The molecular weight excluding hydrogens is 514 g/mol. The molecule has 1 unspecified atom stereocenters. The number of likely N-dealkylation sites (tertiary alicyclic amines) is 1. The van der Waals surface area contributed by atoms with E-state index in [0.29, 0.717) is 31.2 Å². The summed E-state index contributed by atoms with van der Waals surface area (Å²) in [6.45, 7) is 15.9. The summed E-state index contributed by atoms with van der Waals surface area (Å²) in [7, 11) is 2.16. The minimum absolute atomic E-state index is 0. The summed E-state index contributed by atoms with van der Waals surface area (Å²) in [6, 6.07) is 12.4. The van der Waals surface area contributed by atoms with Crippen LogP contribution in [-0.2, 0) is 24.3 Å². The van der Waals surface area contributed by atoms with Gasteiger partial charge in [-0.05, 0) is 50.4 Å². The third-order valence-electron chi connectivity index (χ3n) is 8.01. The molecule has 9 nitrogen and oxygen atoms in total. The summed E-state index contributed by atoms with van der Waals surface area (Å²) in [4.78, 5) is 25.0. The number of carbonyl (C=O) groups excluding carboxylic acids is 1. The second kappa shape index (κ2) is 16.4. The van der Waals surface area contributed by atoms with Crippen molar-refractivity contribution in [2.75, 3.05) is 44.7 Å². The number of aryl methyl sites for hydroxylation is 1. The Morgan fingerprint density at radius 1 is 1.15 bits per heavy atom. The molecule has 2 saturated heterocycles. The Morgan fingerprint density at radius 2 is 1.90 bits per heavy atom. The van der Waals surface area contributed by atoms with Gasteiger partial charge in [0.1, 0.15) is 25.3 Å². The Balaban J connectivity index is 0.000000713. The number of benzene rings is 1. The van der Waals surface area contributed by atoms with Crippen molar-refractivity contribution in [3.05, 3.63) is 46.6 Å². The zero-order valence-corrected chi connectivity index (χ0v) is 25.7. The monoisotopic (exact) mass is 565 g/mol. The number of hydrogen-bond donors (Lipinski definition) is 1. The number of carbonyl (C=O) groups is 1. The van der Waals surface area contributed by atoms with E-state index in [2.05, 4.69) is 71.2 Å². The van der Waals surface area contributed by atoms with E-state index < -0.39 is 0 Å². The number of nitrogens with zero attached hydrogens (tertiary/aromatic N) is 6. The van der Waals surface area contributed by atoms with Crippen LogP contribution in [0.5, 0.6) is 6.01 Å². The summed E-state index contributed by atoms with van der Waals surface area (Å²) in [5, 5.41) is 12.8. The molecule has 4 heterocycles. The third-order valence-corrected chi connectivity index (χ3v) is 8.01. The first-order valence-electron chi connectivity index (χ1n) is 15.3. The van der Waals surface area contributed by atoms with Crippen LogP contribution in [0.1, 0.15) is 83.2 Å². The molecule has 1 aromatic heterocycles. The van der Waals surface area contributed by atoms with Crippen LogP contribution < -0.4 is 15.0 Å². The van der Waals surface area contributed by atoms with Crippen molar-refractivity contribution < 1.29 is 11.0 Å². The van der Waals surface area contributed by atoms with Gasteiger partial charge in [-0.2, -0.15) is 15.2 Å². The lowest BCUT2D eigenvalue weighted by molar-refractivity contribution is -0.0980. The maximum Gasteiger partial charge on any atom is 0.318 e. The zero-order chi connectivity index (χ0) is 29.8. The van der Waals surface area contributed by atoms with Crippen molar-refractivity contribution in [1.29, 1.82) is 5.26 Å². The molecular formula is C32H51N7O2. The molecule has 3 atom stereocenters. The lowest BCUT2D eigenvalue weighted by atomic mass is 10.1. The van der Waals surface area contributed by atoms with Crippen LogP contribution in [0.15, 0.2) is 24.3 Å². The second-order valence-electron chi connectivity index (χ2n) is 10.8. The van der Waals surface area contributed by atoms with Crippen LogP contribution in [-0.4, -0.2) is 78.5 Å². The summed E-state index contributed by atoms with van der Waals surface area (Å²) < 4.78 is 6.20. The minimum atomic E-state index is -0.185. The van der Waals surface area contributed by atoms with Crippen LogP contribution in [0, 0.1) is 11.3 Å². The van der Waals surface area contributed by atoms with Gasteiger partial charge >= 0.3 is 6.01 Å². The summed E-state index contributed by atoms with van der Waals surface area (Å²) in [6.07, 6.45) is 5.91. The molecule has 0 bridgehead atoms. The summed E-state index contributed by atoms with van der Waals surface area (Å²) in [5.74, 6) is 0.954. The molecule has 9 heteroatoms. The molecule has 0 spiro atoms. The molecule has 41 heavy (non-hydrogen) atoms. The number of rotatable bonds is 5. The molecule has 2 fully saturated rings. The predicted octanol–water partition coefficient (Wildman–Crippen LogP) is 4.76. The SMILES string of the molecule is C=O.CC.CCC.CN1CCC[C@H]1COc1nc2c(c(N3CCN[C@@H](C#N)C3)n1)CN(C1CCc3ccccc31)C2.[HH]. The molecule has 1 N–H and O–H groups in total. The van der Waals surface area contributed by atoms with E-state index >= 15 is 0 Å². The molecule has 0 radical (unpaired) electrons. The first-order valence-corrected chi connectivity index (χ1v) is 15.3. The number of anilines is 1. The number of piperazine rings is 1. The highest BCUT2D eigenvalue weighted by Crippen LogP contribution is 2.41. The van der Waals surface area contributed by atoms with Crippen LogP contribution in [0.3, 0.4) is 0 Å². The van der Waals surface area contributed by atoms with E-state index in [-0.39, 0.29) is 7.47 Å². The van der Waals surface area contributed by atoms with Crippen LogP contribution in [0.2, 0.25) is 0 Å². The topological polar surface area (TPSA) is 97.6 Å². The van der Waals surface area contributed by atoms with Gasteiger partial charge in [-0.25, -0.2) is 0 Å². The number of fused-ring (bicyclic) bond motifs is 2. The van der Waals surface area contributed by atoms with E-state index in [0.717, 1.165) is 63.5 Å². The van der Waals surface area contributed by atoms with Gasteiger partial charge < -0.3 is 19.3 Å². The second-order valence-corrected chi connectivity index (χ2v) is 10.8. The standard InChI is InChI=1S/C26H33N7O.C3H8.C2H6.CH2O.H2/c1-31-11-4-6-20(31)17-34-26-29-23-16-33(24-9-8-18-5-2-3-7-21(18)24)15-22(23)25(30-26)32-12-10-28-19(13-27)14-32;1-3-2;2*1-2;/h2-3,5,7,19-20,24,28H,4,6,8-12,14-17H2,1H3;3H2,1-2H3;1-2H3;1H2;1H/t19-,20-,24?;;;;/m0..../s1. The van der Waals surface area contributed by atoms with Gasteiger partial charge in [-0.1, -0.05) is 58.4 Å². The van der Waals surface area contributed by atoms with Crippen molar-refractivity contribution in [1.82, 2.24) is 25.1 Å². The van der Waals surface area contributed by atoms with E-state index in [4.69, 9.17) is 19.5 Å². The lowest BCUT2D eigenvalue weighted by Crippen LogP contribution is -2.50. The fraction of sp³-hybridized carbons (Fsp3) is 0.625. The molecule has 0 saturated carbocycles.